The molecule has 116 valence electrons. The van der Waals surface area contributed by atoms with Gasteiger partial charge >= 0.3 is 0 Å². The van der Waals surface area contributed by atoms with E-state index in [4.69, 9.17) is 0 Å². The van der Waals surface area contributed by atoms with Crippen LogP contribution in [0.25, 0.3) is 0 Å². The third-order valence-electron chi connectivity index (χ3n) is 2.96. The number of carbonyl (C=O) groups is 2. The molecule has 1 atom stereocenters. The standard InChI is InChI=1S/C16H24N2O3/c1-10(2)15(20)18-14(16(21)17-11(3)4)9-12-5-7-13(19)8-6-12/h5-8,10-11,14,19H,9H2,1-4H3,(H,17,21)(H,18,20)/t14-/m0/s1. The summed E-state index contributed by atoms with van der Waals surface area (Å²) in [5.41, 5.74) is 0.876. The summed E-state index contributed by atoms with van der Waals surface area (Å²) in [6, 6.07) is 6.01. The Balaban J connectivity index is 2.82. The van der Waals surface area contributed by atoms with Crippen LogP contribution in [0.3, 0.4) is 0 Å². The smallest absolute Gasteiger partial charge is 0.243 e. The highest BCUT2D eigenvalue weighted by atomic mass is 16.3. The molecule has 5 nitrogen and oxygen atoms in total. The van der Waals surface area contributed by atoms with Gasteiger partial charge in [0.2, 0.25) is 11.8 Å². The molecule has 0 bridgehead atoms. The van der Waals surface area contributed by atoms with Gasteiger partial charge in [-0.2, -0.15) is 0 Å². The SMILES string of the molecule is CC(C)NC(=O)[C@H](Cc1ccc(O)cc1)NC(=O)C(C)C. The second-order valence-electron chi connectivity index (χ2n) is 5.75. The Morgan fingerprint density at radius 2 is 1.57 bits per heavy atom. The molecule has 0 aliphatic carbocycles. The normalized spacial score (nSPS) is 12.3. The van der Waals surface area contributed by atoms with Crippen LogP contribution in [0.15, 0.2) is 24.3 Å². The molecular weight excluding hydrogens is 268 g/mol. The molecule has 0 aliphatic heterocycles. The monoisotopic (exact) mass is 292 g/mol. The predicted molar refractivity (Wildman–Crippen MR) is 81.9 cm³/mol. The fourth-order valence-electron chi connectivity index (χ4n) is 1.80. The summed E-state index contributed by atoms with van der Waals surface area (Å²) in [4.78, 5) is 24.1. The van der Waals surface area contributed by atoms with Gasteiger partial charge in [0, 0.05) is 18.4 Å². The minimum Gasteiger partial charge on any atom is -0.508 e. The number of aromatic hydroxyl groups is 1. The zero-order valence-electron chi connectivity index (χ0n) is 13.0. The van der Waals surface area contributed by atoms with Gasteiger partial charge in [0.25, 0.3) is 0 Å². The second kappa shape index (κ2) is 7.67. The fraction of sp³-hybridized carbons (Fsp3) is 0.500. The maximum Gasteiger partial charge on any atom is 0.243 e. The summed E-state index contributed by atoms with van der Waals surface area (Å²) in [7, 11) is 0. The quantitative estimate of drug-likeness (QED) is 0.745. The Hall–Kier alpha value is -2.04. The third-order valence-corrected chi connectivity index (χ3v) is 2.96. The largest absolute Gasteiger partial charge is 0.508 e. The van der Waals surface area contributed by atoms with Gasteiger partial charge in [0.15, 0.2) is 0 Å². The number of hydrogen-bond acceptors (Lipinski definition) is 3. The molecule has 5 heteroatoms. The van der Waals surface area contributed by atoms with Crippen molar-refractivity contribution in [3.63, 3.8) is 0 Å². The van der Waals surface area contributed by atoms with Crippen molar-refractivity contribution in [3.8, 4) is 5.75 Å². The van der Waals surface area contributed by atoms with Crippen LogP contribution in [-0.2, 0) is 16.0 Å². The topological polar surface area (TPSA) is 78.4 Å². The van der Waals surface area contributed by atoms with Gasteiger partial charge in [-0.3, -0.25) is 9.59 Å². The molecule has 0 fully saturated rings. The third kappa shape index (κ3) is 5.85. The van der Waals surface area contributed by atoms with Crippen molar-refractivity contribution in [2.45, 2.75) is 46.2 Å². The van der Waals surface area contributed by atoms with Crippen LogP contribution in [-0.4, -0.2) is 29.0 Å². The highest BCUT2D eigenvalue weighted by molar-refractivity contribution is 5.88. The summed E-state index contributed by atoms with van der Waals surface area (Å²) in [6.45, 7) is 7.32. The summed E-state index contributed by atoms with van der Waals surface area (Å²) in [5.74, 6) is -0.364. The predicted octanol–water partition coefficient (Wildman–Crippen LogP) is 1.60. The lowest BCUT2D eigenvalue weighted by atomic mass is 10.0. The van der Waals surface area contributed by atoms with E-state index in [0.717, 1.165) is 5.56 Å². The molecule has 1 aromatic carbocycles. The van der Waals surface area contributed by atoms with Crippen molar-refractivity contribution in [1.82, 2.24) is 10.6 Å². The maximum atomic E-state index is 12.2. The Morgan fingerprint density at radius 3 is 2.05 bits per heavy atom. The molecule has 0 spiro atoms. The van der Waals surface area contributed by atoms with Crippen LogP contribution in [0.4, 0.5) is 0 Å². The van der Waals surface area contributed by atoms with E-state index < -0.39 is 6.04 Å². The first kappa shape index (κ1) is 17.0. The molecule has 2 amide bonds. The Morgan fingerprint density at radius 1 is 1.00 bits per heavy atom. The molecule has 0 aromatic heterocycles. The van der Waals surface area contributed by atoms with E-state index in [1.807, 2.05) is 13.8 Å². The molecule has 1 aromatic rings. The molecule has 0 aliphatic rings. The van der Waals surface area contributed by atoms with Crippen LogP contribution in [0.2, 0.25) is 0 Å². The molecule has 0 unspecified atom stereocenters. The van der Waals surface area contributed by atoms with Crippen molar-refractivity contribution in [2.75, 3.05) is 0 Å². The Kier molecular flexibility index (Phi) is 6.21. The van der Waals surface area contributed by atoms with E-state index in [-0.39, 0.29) is 29.5 Å². The lowest BCUT2D eigenvalue weighted by Crippen LogP contribution is -2.50. The molecule has 0 saturated carbocycles. The lowest BCUT2D eigenvalue weighted by Gasteiger charge is -2.21. The van der Waals surface area contributed by atoms with Gasteiger partial charge in [0.05, 0.1) is 0 Å². The number of hydrogen-bond donors (Lipinski definition) is 3. The Bertz CT molecular complexity index is 481. The van der Waals surface area contributed by atoms with Gasteiger partial charge in [-0.1, -0.05) is 26.0 Å². The average Bonchev–Trinajstić information content (AvgIpc) is 2.39. The van der Waals surface area contributed by atoms with Crippen molar-refractivity contribution < 1.29 is 14.7 Å². The zero-order valence-corrected chi connectivity index (χ0v) is 13.0. The minimum atomic E-state index is -0.619. The van der Waals surface area contributed by atoms with Crippen LogP contribution in [0, 0.1) is 5.92 Å². The first-order valence-electron chi connectivity index (χ1n) is 7.18. The van der Waals surface area contributed by atoms with Crippen molar-refractivity contribution >= 4 is 11.8 Å². The van der Waals surface area contributed by atoms with Gasteiger partial charge in [-0.25, -0.2) is 0 Å². The number of phenolic OH excluding ortho intramolecular Hbond substituents is 1. The zero-order chi connectivity index (χ0) is 16.0. The van der Waals surface area contributed by atoms with Crippen molar-refractivity contribution in [3.05, 3.63) is 29.8 Å². The molecule has 0 heterocycles. The summed E-state index contributed by atoms with van der Waals surface area (Å²) < 4.78 is 0. The van der Waals surface area contributed by atoms with Crippen molar-refractivity contribution in [1.29, 1.82) is 0 Å². The van der Waals surface area contributed by atoms with E-state index >= 15 is 0 Å². The van der Waals surface area contributed by atoms with Gasteiger partial charge < -0.3 is 15.7 Å². The minimum absolute atomic E-state index is 0.00997. The first-order chi connectivity index (χ1) is 9.79. The highest BCUT2D eigenvalue weighted by Crippen LogP contribution is 2.12. The molecular formula is C16H24N2O3. The van der Waals surface area contributed by atoms with E-state index in [0.29, 0.717) is 6.42 Å². The van der Waals surface area contributed by atoms with Gasteiger partial charge in [0.1, 0.15) is 11.8 Å². The average molecular weight is 292 g/mol. The molecule has 3 N–H and O–H groups in total. The number of carbonyl (C=O) groups excluding carboxylic acids is 2. The molecule has 21 heavy (non-hydrogen) atoms. The number of benzene rings is 1. The van der Waals surface area contributed by atoms with Crippen LogP contribution >= 0.6 is 0 Å². The van der Waals surface area contributed by atoms with E-state index in [9.17, 15) is 14.7 Å². The number of nitrogens with one attached hydrogen (secondary N) is 2. The number of phenols is 1. The first-order valence-corrected chi connectivity index (χ1v) is 7.18. The Labute approximate surface area is 125 Å². The summed E-state index contributed by atoms with van der Waals surface area (Å²) in [6.07, 6.45) is 0.386. The highest BCUT2D eigenvalue weighted by Gasteiger charge is 2.22. The maximum absolute atomic E-state index is 12.2. The summed E-state index contributed by atoms with van der Waals surface area (Å²) in [5, 5.41) is 14.9. The van der Waals surface area contributed by atoms with Crippen LogP contribution in [0.5, 0.6) is 5.75 Å². The van der Waals surface area contributed by atoms with E-state index in [1.54, 1.807) is 38.1 Å². The molecule has 0 saturated heterocycles. The van der Waals surface area contributed by atoms with Crippen molar-refractivity contribution in [2.24, 2.45) is 5.92 Å². The number of rotatable bonds is 6. The van der Waals surface area contributed by atoms with Crippen LogP contribution in [0.1, 0.15) is 33.3 Å². The van der Waals surface area contributed by atoms with Gasteiger partial charge in [-0.15, -0.1) is 0 Å². The van der Waals surface area contributed by atoms with Gasteiger partial charge in [-0.05, 0) is 31.5 Å². The lowest BCUT2D eigenvalue weighted by molar-refractivity contribution is -0.130. The van der Waals surface area contributed by atoms with Crippen LogP contribution < -0.4 is 10.6 Å². The number of amides is 2. The van der Waals surface area contributed by atoms with E-state index in [2.05, 4.69) is 10.6 Å². The van der Waals surface area contributed by atoms with E-state index in [1.165, 1.54) is 0 Å². The fourth-order valence-corrected chi connectivity index (χ4v) is 1.80. The molecule has 0 radical (unpaired) electrons. The molecule has 1 rings (SSSR count). The second-order valence-corrected chi connectivity index (χ2v) is 5.75. The summed E-state index contributed by atoms with van der Waals surface area (Å²) >= 11 is 0.